The fourth-order valence-corrected chi connectivity index (χ4v) is 4.50. The number of carboxylic acids is 1. The van der Waals surface area contributed by atoms with Crippen LogP contribution in [0.4, 0.5) is 4.39 Å². The summed E-state index contributed by atoms with van der Waals surface area (Å²) in [4.78, 5) is 23.9. The van der Waals surface area contributed by atoms with Crippen LogP contribution in [0.25, 0.3) is 17.2 Å². The van der Waals surface area contributed by atoms with Crippen LogP contribution in [0.2, 0.25) is 0 Å². The first kappa shape index (κ1) is 26.5. The fourth-order valence-electron chi connectivity index (χ4n) is 4.50. The second-order valence-corrected chi connectivity index (χ2v) is 8.85. The Balaban J connectivity index is 1.69. The Hall–Kier alpha value is -4.53. The molecule has 0 atom stereocenters. The smallest absolute Gasteiger partial charge is 0.341 e. The number of hydrogen-bond donors (Lipinski definition) is 2. The summed E-state index contributed by atoms with van der Waals surface area (Å²) < 4.78 is 32.5. The second kappa shape index (κ2) is 11.2. The number of allylic oxidation sites excluding steroid dienone is 2. The van der Waals surface area contributed by atoms with Crippen LogP contribution in [0, 0.1) is 5.82 Å². The molecule has 1 aliphatic rings. The van der Waals surface area contributed by atoms with Crippen LogP contribution < -0.4 is 19.5 Å². The first-order chi connectivity index (χ1) is 18.2. The summed E-state index contributed by atoms with van der Waals surface area (Å²) in [5.41, 5.74) is 5.57. The molecule has 0 saturated heterocycles. The van der Waals surface area contributed by atoms with Crippen LogP contribution in [-0.4, -0.2) is 42.4 Å². The van der Waals surface area contributed by atoms with E-state index in [2.05, 4.69) is 5.32 Å². The van der Waals surface area contributed by atoms with Gasteiger partial charge in [0.2, 0.25) is 11.7 Å². The minimum Gasteiger partial charge on any atom is -0.493 e. The molecule has 3 aromatic rings. The van der Waals surface area contributed by atoms with Gasteiger partial charge in [-0.3, -0.25) is 4.79 Å². The van der Waals surface area contributed by atoms with E-state index < -0.39 is 12.6 Å². The molecule has 8 nitrogen and oxygen atoms in total. The van der Waals surface area contributed by atoms with Gasteiger partial charge >= 0.3 is 5.97 Å². The Labute approximate surface area is 219 Å². The van der Waals surface area contributed by atoms with Gasteiger partial charge in [-0.25, -0.2) is 9.18 Å². The topological polar surface area (TPSA) is 99.0 Å². The van der Waals surface area contributed by atoms with Crippen molar-refractivity contribution in [3.63, 3.8) is 0 Å². The standard InChI is InChI=1S/C29H29FN2O6/c1-17-22(10-18-11-25(36-3)29(26(12-18)37-4)38-16-28(34)35)21-8-7-19(30)13-24(21)23(17)14-27(33)31-15-20-6-5-9-32(20)2/h5-13H,14-16H2,1-4H3,(H,31,33)(H,34,35)/b22-10-. The number of halogens is 1. The Bertz CT molecular complexity index is 1430. The Morgan fingerprint density at radius 1 is 1.08 bits per heavy atom. The predicted octanol–water partition coefficient (Wildman–Crippen LogP) is 4.68. The lowest BCUT2D eigenvalue weighted by Gasteiger charge is -2.15. The Kier molecular flexibility index (Phi) is 7.85. The summed E-state index contributed by atoms with van der Waals surface area (Å²) in [7, 11) is 4.81. The number of carbonyl (C=O) groups excluding carboxylic acids is 1. The third-order valence-electron chi connectivity index (χ3n) is 6.44. The lowest BCUT2D eigenvalue weighted by Crippen LogP contribution is -2.23. The van der Waals surface area contributed by atoms with E-state index in [1.807, 2.05) is 42.9 Å². The third-order valence-corrected chi connectivity index (χ3v) is 6.44. The molecule has 0 spiro atoms. The van der Waals surface area contributed by atoms with Crippen LogP contribution in [-0.2, 0) is 23.2 Å². The Morgan fingerprint density at radius 3 is 2.39 bits per heavy atom. The number of aliphatic carboxylic acids is 1. The van der Waals surface area contributed by atoms with Gasteiger partial charge in [0.15, 0.2) is 18.1 Å². The van der Waals surface area contributed by atoms with Crippen molar-refractivity contribution in [3.05, 3.63) is 82.4 Å². The van der Waals surface area contributed by atoms with Gasteiger partial charge < -0.3 is 29.2 Å². The number of aromatic nitrogens is 1. The number of rotatable bonds is 10. The van der Waals surface area contributed by atoms with Gasteiger partial charge in [-0.2, -0.15) is 0 Å². The van der Waals surface area contributed by atoms with Gasteiger partial charge in [-0.15, -0.1) is 0 Å². The zero-order valence-electron chi connectivity index (χ0n) is 21.6. The molecule has 198 valence electrons. The summed E-state index contributed by atoms with van der Waals surface area (Å²) in [6, 6.07) is 11.8. The first-order valence-electron chi connectivity index (χ1n) is 11.9. The van der Waals surface area contributed by atoms with Gasteiger partial charge in [0, 0.05) is 18.9 Å². The maximum atomic E-state index is 14.3. The highest BCUT2D eigenvalue weighted by Gasteiger charge is 2.26. The minimum absolute atomic E-state index is 0.0959. The van der Waals surface area contributed by atoms with Crippen LogP contribution in [0.15, 0.2) is 54.2 Å². The van der Waals surface area contributed by atoms with Crippen molar-refractivity contribution in [2.75, 3.05) is 20.8 Å². The number of fused-ring (bicyclic) bond motifs is 1. The van der Waals surface area contributed by atoms with Crippen molar-refractivity contribution >= 4 is 29.1 Å². The van der Waals surface area contributed by atoms with Crippen LogP contribution in [0.1, 0.15) is 35.7 Å². The average molecular weight is 521 g/mol. The van der Waals surface area contributed by atoms with E-state index in [9.17, 15) is 14.0 Å². The molecule has 4 rings (SSSR count). The molecular formula is C29H29FN2O6. The third kappa shape index (κ3) is 5.56. The second-order valence-electron chi connectivity index (χ2n) is 8.85. The maximum Gasteiger partial charge on any atom is 0.341 e. The summed E-state index contributed by atoms with van der Waals surface area (Å²) in [6.45, 7) is 1.75. The number of carboxylic acid groups (broad SMARTS) is 1. The molecule has 1 heterocycles. The van der Waals surface area contributed by atoms with Crippen molar-refractivity contribution in [2.24, 2.45) is 7.05 Å². The summed E-state index contributed by atoms with van der Waals surface area (Å²) in [5.74, 6) is -0.899. The van der Waals surface area contributed by atoms with Gasteiger partial charge in [0.1, 0.15) is 5.82 Å². The molecule has 0 radical (unpaired) electrons. The first-order valence-corrected chi connectivity index (χ1v) is 11.9. The number of hydrogen-bond acceptors (Lipinski definition) is 5. The molecule has 1 aromatic heterocycles. The van der Waals surface area contributed by atoms with Gasteiger partial charge in [0.05, 0.1) is 27.2 Å². The molecule has 0 saturated carbocycles. The van der Waals surface area contributed by atoms with E-state index in [1.165, 1.54) is 26.4 Å². The minimum atomic E-state index is -1.13. The van der Waals surface area contributed by atoms with Crippen molar-refractivity contribution in [1.82, 2.24) is 9.88 Å². The van der Waals surface area contributed by atoms with Crippen molar-refractivity contribution in [3.8, 4) is 17.2 Å². The number of carbonyl (C=O) groups is 2. The van der Waals surface area contributed by atoms with Crippen LogP contribution in [0.5, 0.6) is 17.2 Å². The van der Waals surface area contributed by atoms with Crippen molar-refractivity contribution in [2.45, 2.75) is 19.9 Å². The quantitative estimate of drug-likeness (QED) is 0.403. The zero-order valence-corrected chi connectivity index (χ0v) is 21.6. The highest BCUT2D eigenvalue weighted by molar-refractivity contribution is 6.08. The number of nitrogens with one attached hydrogen (secondary N) is 1. The van der Waals surface area contributed by atoms with E-state index >= 15 is 0 Å². The lowest BCUT2D eigenvalue weighted by molar-refractivity contribution is -0.139. The number of nitrogens with zero attached hydrogens (tertiary/aromatic N) is 1. The van der Waals surface area contributed by atoms with Crippen LogP contribution >= 0.6 is 0 Å². The maximum absolute atomic E-state index is 14.3. The zero-order chi connectivity index (χ0) is 27.4. The SMILES string of the molecule is COc1cc(/C=C2/C(C)=C(CC(=O)NCc3cccn3C)c3cc(F)ccc32)cc(OC)c1OCC(=O)O. The molecule has 0 fully saturated rings. The molecule has 0 bridgehead atoms. The summed E-state index contributed by atoms with van der Waals surface area (Å²) in [5, 5.41) is 11.9. The van der Waals surface area contributed by atoms with Gasteiger partial charge in [0.25, 0.3) is 0 Å². The average Bonchev–Trinajstić information content (AvgIpc) is 3.41. The normalized spacial score (nSPS) is 13.4. The molecular weight excluding hydrogens is 491 g/mol. The predicted molar refractivity (Wildman–Crippen MR) is 141 cm³/mol. The number of aryl methyl sites for hydroxylation is 1. The highest BCUT2D eigenvalue weighted by atomic mass is 19.1. The molecule has 0 unspecified atom stereocenters. The van der Waals surface area contributed by atoms with Crippen LogP contribution in [0.3, 0.4) is 0 Å². The molecule has 2 aromatic carbocycles. The number of amides is 1. The molecule has 2 N–H and O–H groups in total. The number of methoxy groups -OCH3 is 2. The monoisotopic (exact) mass is 520 g/mol. The van der Waals surface area contributed by atoms with Crippen molar-refractivity contribution in [1.29, 1.82) is 0 Å². The highest BCUT2D eigenvalue weighted by Crippen LogP contribution is 2.45. The largest absolute Gasteiger partial charge is 0.493 e. The molecule has 0 aliphatic heterocycles. The van der Waals surface area contributed by atoms with Crippen molar-refractivity contribution < 1.29 is 33.3 Å². The van der Waals surface area contributed by atoms with E-state index in [-0.39, 0.29) is 23.9 Å². The molecule has 1 amide bonds. The number of ether oxygens (including phenoxy) is 3. The summed E-state index contributed by atoms with van der Waals surface area (Å²) in [6.07, 6.45) is 3.90. The number of benzene rings is 2. The molecule has 38 heavy (non-hydrogen) atoms. The van der Waals surface area contributed by atoms with E-state index in [1.54, 1.807) is 18.2 Å². The van der Waals surface area contributed by atoms with E-state index in [0.29, 0.717) is 29.2 Å². The molecule has 9 heteroatoms. The van der Waals surface area contributed by atoms with Gasteiger partial charge in [-0.05, 0) is 82.8 Å². The fraction of sp³-hybridized carbons (Fsp3) is 0.241. The van der Waals surface area contributed by atoms with E-state index in [4.69, 9.17) is 19.3 Å². The van der Waals surface area contributed by atoms with Gasteiger partial charge in [-0.1, -0.05) is 6.07 Å². The lowest BCUT2D eigenvalue weighted by atomic mass is 10.00. The molecule has 1 aliphatic carbocycles. The van der Waals surface area contributed by atoms with E-state index in [0.717, 1.165) is 28.0 Å². The Morgan fingerprint density at radius 2 is 1.79 bits per heavy atom. The summed E-state index contributed by atoms with van der Waals surface area (Å²) >= 11 is 0.